The topological polar surface area (TPSA) is 37.3 Å². The highest BCUT2D eigenvalue weighted by Crippen LogP contribution is 2.44. The molecule has 3 rings (SSSR count). The van der Waals surface area contributed by atoms with Crippen LogP contribution in [0, 0.1) is 12.7 Å². The smallest absolute Gasteiger partial charge is 0.335 e. The Morgan fingerprint density at radius 3 is 2.62 bits per heavy atom. The van der Waals surface area contributed by atoms with Crippen LogP contribution in [0.3, 0.4) is 0 Å². The molecule has 2 aromatic carbocycles. The molecule has 2 aromatic rings. The Morgan fingerprint density at radius 1 is 1.19 bits per heavy atom. The zero-order valence-corrected chi connectivity index (χ0v) is 12.0. The van der Waals surface area contributed by atoms with Crippen LogP contribution in [0.2, 0.25) is 0 Å². The van der Waals surface area contributed by atoms with Crippen LogP contribution in [0.15, 0.2) is 42.5 Å². The maximum absolute atomic E-state index is 13.7. The third-order valence-corrected chi connectivity index (χ3v) is 4.16. The third-order valence-electron chi connectivity index (χ3n) is 3.84. The van der Waals surface area contributed by atoms with Crippen molar-refractivity contribution in [1.82, 2.24) is 0 Å². The molecule has 1 atom stereocenters. The van der Waals surface area contributed by atoms with Gasteiger partial charge in [-0.15, -0.1) is 0 Å². The zero-order valence-electron chi connectivity index (χ0n) is 11.2. The Labute approximate surface area is 126 Å². The minimum absolute atomic E-state index is 0.234. The van der Waals surface area contributed by atoms with Crippen molar-refractivity contribution in [3.63, 3.8) is 0 Å². The second-order valence-corrected chi connectivity index (χ2v) is 5.43. The van der Waals surface area contributed by atoms with E-state index in [0.29, 0.717) is 21.7 Å². The average molecular weight is 303 g/mol. The Balaban J connectivity index is 2.22. The zero-order chi connectivity index (χ0) is 15.1. The van der Waals surface area contributed by atoms with Crippen LogP contribution in [0.4, 0.5) is 4.39 Å². The summed E-state index contributed by atoms with van der Waals surface area (Å²) in [7, 11) is 0. The van der Waals surface area contributed by atoms with E-state index in [-0.39, 0.29) is 17.3 Å². The van der Waals surface area contributed by atoms with Crippen molar-refractivity contribution in [2.45, 2.75) is 12.8 Å². The third kappa shape index (κ3) is 2.14. The number of benzene rings is 2. The predicted octanol–water partition coefficient (Wildman–Crippen LogP) is 4.56. The molecule has 0 amide bonds. The second-order valence-electron chi connectivity index (χ2n) is 5.02. The van der Waals surface area contributed by atoms with E-state index in [1.807, 2.05) is 0 Å². The van der Waals surface area contributed by atoms with Crippen LogP contribution in [0.25, 0.3) is 5.03 Å². The van der Waals surface area contributed by atoms with Gasteiger partial charge < -0.3 is 5.11 Å². The number of allylic oxidation sites excluding steroid dienone is 1. The molecule has 1 N–H and O–H groups in total. The molecule has 1 aliphatic carbocycles. The van der Waals surface area contributed by atoms with Gasteiger partial charge in [0.2, 0.25) is 0 Å². The molecule has 4 heteroatoms. The van der Waals surface area contributed by atoms with Gasteiger partial charge >= 0.3 is 5.97 Å². The normalized spacial score (nSPS) is 16.5. The number of fused-ring (bicyclic) bond motifs is 1. The van der Waals surface area contributed by atoms with Gasteiger partial charge in [0.25, 0.3) is 0 Å². The van der Waals surface area contributed by atoms with E-state index in [1.165, 1.54) is 6.07 Å². The van der Waals surface area contributed by atoms with E-state index in [4.69, 9.17) is 11.6 Å². The van der Waals surface area contributed by atoms with Crippen molar-refractivity contribution >= 4 is 22.6 Å². The fourth-order valence-corrected chi connectivity index (χ4v) is 3.20. The molecule has 21 heavy (non-hydrogen) atoms. The number of rotatable bonds is 2. The van der Waals surface area contributed by atoms with Crippen molar-refractivity contribution in [2.24, 2.45) is 0 Å². The van der Waals surface area contributed by atoms with Crippen molar-refractivity contribution in [2.75, 3.05) is 0 Å². The minimum Gasteiger partial charge on any atom is -0.478 e. The fourth-order valence-electron chi connectivity index (χ4n) is 2.82. The number of aromatic carboxylic acids is 1. The predicted molar refractivity (Wildman–Crippen MR) is 80.2 cm³/mol. The van der Waals surface area contributed by atoms with Gasteiger partial charge in [0.05, 0.1) is 5.56 Å². The summed E-state index contributed by atoms with van der Waals surface area (Å²) in [6.45, 7) is 1.68. The maximum Gasteiger partial charge on any atom is 0.335 e. The van der Waals surface area contributed by atoms with Gasteiger partial charge in [-0.05, 0) is 35.7 Å². The lowest BCUT2D eigenvalue weighted by molar-refractivity contribution is 0.0695. The lowest BCUT2D eigenvalue weighted by Crippen LogP contribution is -2.06. The van der Waals surface area contributed by atoms with Crippen molar-refractivity contribution in [3.05, 3.63) is 76.1 Å². The molecular formula is C17H12ClFO2. The van der Waals surface area contributed by atoms with Crippen molar-refractivity contribution in [3.8, 4) is 0 Å². The lowest BCUT2D eigenvalue weighted by Gasteiger charge is -2.15. The molecule has 1 unspecified atom stereocenters. The van der Waals surface area contributed by atoms with E-state index in [1.54, 1.807) is 43.3 Å². The summed E-state index contributed by atoms with van der Waals surface area (Å²) >= 11 is 6.24. The molecular weight excluding hydrogens is 291 g/mol. The molecule has 0 saturated carbocycles. The van der Waals surface area contributed by atoms with Crippen molar-refractivity contribution in [1.29, 1.82) is 0 Å². The van der Waals surface area contributed by atoms with Gasteiger partial charge in [-0.3, -0.25) is 0 Å². The summed E-state index contributed by atoms with van der Waals surface area (Å²) in [6, 6.07) is 9.87. The minimum atomic E-state index is -0.984. The highest BCUT2D eigenvalue weighted by atomic mass is 35.5. The quantitative estimate of drug-likeness (QED) is 0.883. The first kappa shape index (κ1) is 13.8. The summed E-state index contributed by atoms with van der Waals surface area (Å²) < 4.78 is 13.7. The Hall–Kier alpha value is -2.13. The standard InChI is InChI=1S/C17H12ClFO2/c1-9-15(19)7-6-11-13(8-14(18)16(9)11)10-4-2-3-5-12(10)17(20)21/h2-8,13H,1H3,(H,20,21). The maximum atomic E-state index is 13.7. The van der Waals surface area contributed by atoms with Crippen LogP contribution in [0.5, 0.6) is 0 Å². The lowest BCUT2D eigenvalue weighted by atomic mass is 9.89. The molecule has 0 radical (unpaired) electrons. The van der Waals surface area contributed by atoms with Gasteiger partial charge in [0.1, 0.15) is 5.82 Å². The Bertz CT molecular complexity index is 780. The Morgan fingerprint density at radius 2 is 1.90 bits per heavy atom. The summed E-state index contributed by atoms with van der Waals surface area (Å²) in [4.78, 5) is 11.4. The van der Waals surface area contributed by atoms with Crippen LogP contribution in [0.1, 0.15) is 38.5 Å². The average Bonchev–Trinajstić information content (AvgIpc) is 2.80. The number of carbonyl (C=O) groups is 1. The van der Waals surface area contributed by atoms with Crippen molar-refractivity contribution < 1.29 is 14.3 Å². The molecule has 2 nitrogen and oxygen atoms in total. The molecule has 0 fully saturated rings. The molecule has 0 bridgehead atoms. The molecule has 0 aromatic heterocycles. The summed E-state index contributed by atoms with van der Waals surface area (Å²) in [5.74, 6) is -1.56. The second kappa shape index (κ2) is 5.01. The molecule has 0 aliphatic heterocycles. The molecule has 0 saturated heterocycles. The van der Waals surface area contributed by atoms with Gasteiger partial charge in [-0.1, -0.05) is 41.9 Å². The first-order chi connectivity index (χ1) is 10.0. The molecule has 0 heterocycles. The van der Waals surface area contributed by atoms with Gasteiger partial charge in [0, 0.05) is 16.5 Å². The first-order valence-electron chi connectivity index (χ1n) is 6.49. The SMILES string of the molecule is Cc1c(F)ccc2c1C(Cl)=CC2c1ccccc1C(=O)O. The van der Waals surface area contributed by atoms with Crippen LogP contribution >= 0.6 is 11.6 Å². The highest BCUT2D eigenvalue weighted by Gasteiger charge is 2.28. The highest BCUT2D eigenvalue weighted by molar-refractivity contribution is 6.49. The Kier molecular flexibility index (Phi) is 3.30. The largest absolute Gasteiger partial charge is 0.478 e. The van der Waals surface area contributed by atoms with Crippen LogP contribution in [-0.4, -0.2) is 11.1 Å². The van der Waals surface area contributed by atoms with Crippen LogP contribution in [-0.2, 0) is 0 Å². The summed E-state index contributed by atoms with van der Waals surface area (Å²) in [5, 5.41) is 9.79. The number of hydrogen-bond acceptors (Lipinski definition) is 1. The van der Waals surface area contributed by atoms with E-state index < -0.39 is 5.97 Å². The number of carboxylic acids is 1. The van der Waals surface area contributed by atoms with Gasteiger partial charge in [-0.2, -0.15) is 0 Å². The van der Waals surface area contributed by atoms with Gasteiger partial charge in [-0.25, -0.2) is 9.18 Å². The van der Waals surface area contributed by atoms with E-state index in [9.17, 15) is 14.3 Å². The van der Waals surface area contributed by atoms with Gasteiger partial charge in [0.15, 0.2) is 0 Å². The summed E-state index contributed by atoms with van der Waals surface area (Å²) in [6.07, 6.45) is 1.78. The number of hydrogen-bond donors (Lipinski definition) is 1. The number of halogens is 2. The first-order valence-corrected chi connectivity index (χ1v) is 6.87. The molecule has 106 valence electrons. The number of carboxylic acid groups (broad SMARTS) is 1. The molecule has 0 spiro atoms. The summed E-state index contributed by atoms with van der Waals surface area (Å²) in [5.41, 5.74) is 2.89. The van der Waals surface area contributed by atoms with Crippen LogP contribution < -0.4 is 0 Å². The fraction of sp³-hybridized carbons (Fsp3) is 0.118. The van der Waals surface area contributed by atoms with E-state index in [0.717, 1.165) is 5.56 Å². The monoisotopic (exact) mass is 302 g/mol. The van der Waals surface area contributed by atoms with E-state index in [2.05, 4.69) is 0 Å². The molecule has 1 aliphatic rings. The van der Waals surface area contributed by atoms with E-state index >= 15 is 0 Å².